The van der Waals surface area contributed by atoms with Crippen molar-refractivity contribution in [1.82, 2.24) is 0 Å². The van der Waals surface area contributed by atoms with E-state index in [0.717, 1.165) is 5.56 Å². The number of aromatic hydroxyl groups is 1. The van der Waals surface area contributed by atoms with E-state index in [1.165, 1.54) is 6.92 Å². The molecule has 0 bridgehead atoms. The highest BCUT2D eigenvalue weighted by atomic mass is 16.5. The molecule has 2 aromatic rings. The first-order valence-corrected chi connectivity index (χ1v) is 7.52. The first kappa shape index (κ1) is 17.5. The van der Waals surface area contributed by atoms with E-state index >= 15 is 0 Å². The molecule has 0 aliphatic carbocycles. The van der Waals surface area contributed by atoms with Crippen molar-refractivity contribution in [2.75, 3.05) is 6.61 Å². The van der Waals surface area contributed by atoms with E-state index in [2.05, 4.69) is 0 Å². The molecule has 1 heterocycles. The molecule has 126 valence electrons. The molecule has 0 aliphatic heterocycles. The van der Waals surface area contributed by atoms with Crippen LogP contribution in [0.2, 0.25) is 0 Å². The van der Waals surface area contributed by atoms with Gasteiger partial charge in [-0.2, -0.15) is 0 Å². The zero-order chi connectivity index (χ0) is 17.7. The quantitative estimate of drug-likeness (QED) is 0.816. The maximum Gasteiger partial charge on any atom is 0.345 e. The predicted octanol–water partition coefficient (Wildman–Crippen LogP) is 2.24. The summed E-state index contributed by atoms with van der Waals surface area (Å²) >= 11 is 0. The predicted molar refractivity (Wildman–Crippen MR) is 86.2 cm³/mol. The minimum absolute atomic E-state index is 0.0449. The van der Waals surface area contributed by atoms with Crippen LogP contribution >= 0.6 is 0 Å². The lowest BCUT2D eigenvalue weighted by molar-refractivity contribution is -0.116. The van der Waals surface area contributed by atoms with Crippen molar-refractivity contribution in [3.8, 4) is 5.75 Å². The zero-order valence-electron chi connectivity index (χ0n) is 13.5. The Hall–Kier alpha value is -2.89. The Balaban J connectivity index is 2.56. The third-order valence-electron chi connectivity index (χ3n) is 3.38. The fraction of sp³-hybridized carbons (Fsp3) is 0.278. The first-order valence-electron chi connectivity index (χ1n) is 7.52. The SMILES string of the molecule is CCOC(=O)c1c(CC(C)=O)oc(=O)c(Cc2ccccc2)c1O. The Morgan fingerprint density at radius 2 is 1.88 bits per heavy atom. The summed E-state index contributed by atoms with van der Waals surface area (Å²) in [6.45, 7) is 3.00. The molecule has 2 rings (SSSR count). The molecule has 6 nitrogen and oxygen atoms in total. The van der Waals surface area contributed by atoms with Crippen molar-refractivity contribution < 1.29 is 23.8 Å². The minimum atomic E-state index is -0.829. The number of carbonyl (C=O) groups excluding carboxylic acids is 2. The Bertz CT molecular complexity index is 804. The lowest BCUT2D eigenvalue weighted by Crippen LogP contribution is -2.18. The maximum absolute atomic E-state index is 12.2. The van der Waals surface area contributed by atoms with Crippen LogP contribution in [0.3, 0.4) is 0 Å². The molecule has 0 spiro atoms. The largest absolute Gasteiger partial charge is 0.506 e. The average molecular weight is 330 g/mol. The molecule has 0 aliphatic rings. The first-order chi connectivity index (χ1) is 11.4. The molecule has 0 saturated heterocycles. The molecule has 0 saturated carbocycles. The molecule has 1 aromatic carbocycles. The number of Topliss-reactive ketones (excluding diaryl/α,β-unsaturated/α-hetero) is 1. The molecule has 0 amide bonds. The van der Waals surface area contributed by atoms with Gasteiger partial charge in [-0.25, -0.2) is 9.59 Å². The molecule has 0 fully saturated rings. The second-order valence-electron chi connectivity index (χ2n) is 5.28. The van der Waals surface area contributed by atoms with Crippen molar-refractivity contribution >= 4 is 11.8 Å². The van der Waals surface area contributed by atoms with Gasteiger partial charge in [0.15, 0.2) is 0 Å². The van der Waals surface area contributed by atoms with Gasteiger partial charge in [-0.1, -0.05) is 30.3 Å². The summed E-state index contributed by atoms with van der Waals surface area (Å²) in [4.78, 5) is 35.7. The Morgan fingerprint density at radius 3 is 2.46 bits per heavy atom. The second-order valence-corrected chi connectivity index (χ2v) is 5.28. The number of esters is 1. The Morgan fingerprint density at radius 1 is 1.21 bits per heavy atom. The molecule has 1 N–H and O–H groups in total. The van der Waals surface area contributed by atoms with Crippen LogP contribution < -0.4 is 5.63 Å². The fourth-order valence-electron chi connectivity index (χ4n) is 2.32. The van der Waals surface area contributed by atoms with Crippen molar-refractivity contribution in [3.63, 3.8) is 0 Å². The van der Waals surface area contributed by atoms with Crippen molar-refractivity contribution in [1.29, 1.82) is 0 Å². The molecular weight excluding hydrogens is 312 g/mol. The number of benzene rings is 1. The summed E-state index contributed by atoms with van der Waals surface area (Å²) in [7, 11) is 0. The highest BCUT2D eigenvalue weighted by Crippen LogP contribution is 2.27. The van der Waals surface area contributed by atoms with Gasteiger partial charge < -0.3 is 14.3 Å². The zero-order valence-corrected chi connectivity index (χ0v) is 13.5. The number of ether oxygens (including phenoxy) is 1. The summed E-state index contributed by atoms with van der Waals surface area (Å²) in [5, 5.41) is 10.4. The lowest BCUT2D eigenvalue weighted by Gasteiger charge is -2.11. The summed E-state index contributed by atoms with van der Waals surface area (Å²) in [6, 6.07) is 8.99. The molecule has 0 unspecified atom stereocenters. The van der Waals surface area contributed by atoms with Gasteiger partial charge in [-0.15, -0.1) is 0 Å². The third-order valence-corrected chi connectivity index (χ3v) is 3.38. The Labute approximate surface area is 138 Å². The van der Waals surface area contributed by atoms with Gasteiger partial charge in [-0.05, 0) is 19.4 Å². The highest BCUT2D eigenvalue weighted by molar-refractivity contribution is 5.95. The van der Waals surface area contributed by atoms with Crippen molar-refractivity contribution in [2.24, 2.45) is 0 Å². The molecule has 24 heavy (non-hydrogen) atoms. The van der Waals surface area contributed by atoms with Gasteiger partial charge >= 0.3 is 11.6 Å². The van der Waals surface area contributed by atoms with Gasteiger partial charge in [0.05, 0.1) is 18.6 Å². The smallest absolute Gasteiger partial charge is 0.345 e. The summed E-state index contributed by atoms with van der Waals surface area (Å²) in [6.07, 6.45) is -0.176. The molecular formula is C18H18O6. The van der Waals surface area contributed by atoms with Crippen LogP contribution in [-0.2, 0) is 22.4 Å². The monoisotopic (exact) mass is 330 g/mol. The van der Waals surface area contributed by atoms with E-state index < -0.39 is 17.3 Å². The van der Waals surface area contributed by atoms with E-state index in [9.17, 15) is 19.5 Å². The number of hydrogen-bond donors (Lipinski definition) is 1. The standard InChI is InChI=1S/C18H18O6/c1-3-23-18(22)15-14(9-11(2)19)24-17(21)13(16(15)20)10-12-7-5-4-6-8-12/h4-8,20H,3,9-10H2,1-2H3. The molecule has 0 atom stereocenters. The van der Waals surface area contributed by atoms with E-state index in [4.69, 9.17) is 9.15 Å². The number of carbonyl (C=O) groups is 2. The van der Waals surface area contributed by atoms with Crippen LogP contribution in [0.1, 0.15) is 41.1 Å². The summed E-state index contributed by atoms with van der Waals surface area (Å²) < 4.78 is 10.0. The van der Waals surface area contributed by atoms with E-state index in [-0.39, 0.29) is 42.1 Å². The average Bonchev–Trinajstić information content (AvgIpc) is 2.52. The van der Waals surface area contributed by atoms with Crippen LogP contribution in [0.4, 0.5) is 0 Å². The van der Waals surface area contributed by atoms with Crippen LogP contribution in [0.25, 0.3) is 0 Å². The van der Waals surface area contributed by atoms with Crippen LogP contribution in [0.15, 0.2) is 39.5 Å². The topological polar surface area (TPSA) is 93.8 Å². The summed E-state index contributed by atoms with van der Waals surface area (Å²) in [5.74, 6) is -1.81. The summed E-state index contributed by atoms with van der Waals surface area (Å²) in [5.41, 5.74) is -0.316. The van der Waals surface area contributed by atoms with E-state index in [1.807, 2.05) is 6.07 Å². The van der Waals surface area contributed by atoms with Crippen molar-refractivity contribution in [2.45, 2.75) is 26.7 Å². The maximum atomic E-state index is 12.2. The van der Waals surface area contributed by atoms with Crippen LogP contribution in [-0.4, -0.2) is 23.5 Å². The molecule has 0 radical (unpaired) electrons. The third kappa shape index (κ3) is 3.90. The minimum Gasteiger partial charge on any atom is -0.506 e. The van der Waals surface area contributed by atoms with Crippen LogP contribution in [0.5, 0.6) is 5.75 Å². The molecule has 6 heteroatoms. The van der Waals surface area contributed by atoms with Gasteiger partial charge in [0, 0.05) is 6.42 Å². The normalized spacial score (nSPS) is 10.4. The second kappa shape index (κ2) is 7.59. The highest BCUT2D eigenvalue weighted by Gasteiger charge is 2.26. The van der Waals surface area contributed by atoms with Gasteiger partial charge in [0.25, 0.3) is 0 Å². The number of ketones is 1. The van der Waals surface area contributed by atoms with Gasteiger partial charge in [0.1, 0.15) is 22.9 Å². The van der Waals surface area contributed by atoms with Crippen molar-refractivity contribution in [3.05, 3.63) is 63.2 Å². The molecule has 1 aromatic heterocycles. The van der Waals surface area contributed by atoms with Crippen LogP contribution in [0, 0.1) is 0 Å². The fourth-order valence-corrected chi connectivity index (χ4v) is 2.32. The van der Waals surface area contributed by atoms with E-state index in [1.54, 1.807) is 31.2 Å². The number of rotatable bonds is 6. The van der Waals surface area contributed by atoms with Gasteiger partial charge in [-0.3, -0.25) is 4.79 Å². The lowest BCUT2D eigenvalue weighted by atomic mass is 10.0. The Kier molecular flexibility index (Phi) is 5.52. The van der Waals surface area contributed by atoms with Gasteiger partial charge in [0.2, 0.25) is 0 Å². The van der Waals surface area contributed by atoms with E-state index in [0.29, 0.717) is 0 Å². The number of hydrogen-bond acceptors (Lipinski definition) is 6.